The highest BCUT2D eigenvalue weighted by molar-refractivity contribution is 5.99. The van der Waals surface area contributed by atoms with Crippen molar-refractivity contribution in [1.29, 1.82) is 0 Å². The van der Waals surface area contributed by atoms with E-state index in [1.807, 2.05) is 19.9 Å². The van der Waals surface area contributed by atoms with Crippen LogP contribution in [-0.4, -0.2) is 41.3 Å². The molecule has 2 aliphatic carbocycles. The first kappa shape index (κ1) is 30.5. The van der Waals surface area contributed by atoms with Crippen molar-refractivity contribution in [2.75, 3.05) is 19.0 Å². The van der Waals surface area contributed by atoms with Gasteiger partial charge in [-0.2, -0.15) is 0 Å². The van der Waals surface area contributed by atoms with Gasteiger partial charge in [-0.1, -0.05) is 13.8 Å². The number of methoxy groups -OCH3 is 1. The minimum Gasteiger partial charge on any atom is -0.481 e. The molecule has 6 rings (SSSR count). The van der Waals surface area contributed by atoms with E-state index in [4.69, 9.17) is 18.3 Å². The normalized spacial score (nSPS) is 21.4. The van der Waals surface area contributed by atoms with Gasteiger partial charge < -0.3 is 28.5 Å². The smallest absolute Gasteiger partial charge is 0.481 e. The van der Waals surface area contributed by atoms with E-state index in [9.17, 15) is 19.2 Å². The molecule has 1 N–H and O–H groups in total. The molecule has 1 saturated carbocycles. The number of nitrogens with one attached hydrogen (secondary N) is 1. The van der Waals surface area contributed by atoms with E-state index in [0.29, 0.717) is 47.7 Å². The maximum absolute atomic E-state index is 15.2. The van der Waals surface area contributed by atoms with Crippen LogP contribution in [0.25, 0.3) is 0 Å². The molecule has 0 spiro atoms. The number of rotatable bonds is 8. The van der Waals surface area contributed by atoms with E-state index in [-0.39, 0.29) is 60.1 Å². The third kappa shape index (κ3) is 5.97. The van der Waals surface area contributed by atoms with Gasteiger partial charge in [0, 0.05) is 42.6 Å². The Kier molecular flexibility index (Phi) is 8.00. The Balaban J connectivity index is 1.15. The van der Waals surface area contributed by atoms with Crippen molar-refractivity contribution in [3.63, 3.8) is 0 Å². The fraction of sp³-hybridized carbons (Fsp3) is 0.485. The van der Waals surface area contributed by atoms with Gasteiger partial charge in [0.2, 0.25) is 11.8 Å². The van der Waals surface area contributed by atoms with Crippen LogP contribution in [0.2, 0.25) is 0 Å². The number of amides is 2. The van der Waals surface area contributed by atoms with Gasteiger partial charge in [-0.25, -0.2) is 14.2 Å². The fourth-order valence-electron chi connectivity index (χ4n) is 6.86. The van der Waals surface area contributed by atoms with Gasteiger partial charge in [0.05, 0.1) is 12.8 Å². The molecule has 11 nitrogen and oxygen atoms in total. The molecule has 2 aromatic heterocycles. The Hall–Kier alpha value is -4.48. The highest BCUT2D eigenvalue weighted by Gasteiger charge is 2.44. The maximum Gasteiger partial charge on any atom is 0.519 e. The lowest BCUT2D eigenvalue weighted by atomic mass is 9.72. The predicted molar refractivity (Wildman–Crippen MR) is 158 cm³/mol. The van der Waals surface area contributed by atoms with Crippen LogP contribution in [0.3, 0.4) is 0 Å². The first-order valence-corrected chi connectivity index (χ1v) is 15.2. The lowest BCUT2D eigenvalue weighted by Crippen LogP contribution is -2.50. The number of aryl methyl sites for hydroxylation is 2. The number of nitrogens with zero attached hydrogens (tertiary/aromatic N) is 2. The maximum atomic E-state index is 15.2. The molecule has 0 radical (unpaired) electrons. The number of ether oxygens (including phenoxy) is 2. The SMILES string of the molecule is COc1ccc2c(n1)CCN(C(=O)C1CC(CC(=O)OCc3oc(=O)oc3C)C1)C2C(=O)Nc1cc(F)c2c(c1)CCC2(C)C. The third-order valence-electron chi connectivity index (χ3n) is 9.30. The van der Waals surface area contributed by atoms with Crippen LogP contribution in [0.1, 0.15) is 79.5 Å². The third-order valence-corrected chi connectivity index (χ3v) is 9.30. The second-order valence-corrected chi connectivity index (χ2v) is 12.8. The summed E-state index contributed by atoms with van der Waals surface area (Å²) in [6, 6.07) is 5.61. The van der Waals surface area contributed by atoms with Gasteiger partial charge in [0.15, 0.2) is 18.1 Å². The van der Waals surface area contributed by atoms with Crippen molar-refractivity contribution in [3.8, 4) is 5.88 Å². The number of aromatic nitrogens is 1. The number of benzene rings is 1. The molecule has 1 aliphatic heterocycles. The zero-order valence-electron chi connectivity index (χ0n) is 25.7. The molecule has 1 atom stereocenters. The lowest BCUT2D eigenvalue weighted by Gasteiger charge is -2.42. The van der Waals surface area contributed by atoms with Gasteiger partial charge in [0.1, 0.15) is 11.9 Å². The summed E-state index contributed by atoms with van der Waals surface area (Å²) in [7, 11) is 1.51. The first-order valence-electron chi connectivity index (χ1n) is 15.2. The van der Waals surface area contributed by atoms with Gasteiger partial charge in [-0.05, 0) is 73.3 Å². The Morgan fingerprint density at radius 3 is 2.64 bits per heavy atom. The topological polar surface area (TPSA) is 141 Å². The molecule has 3 aliphatic rings. The number of hydrogen-bond donors (Lipinski definition) is 1. The summed E-state index contributed by atoms with van der Waals surface area (Å²) in [6.45, 7) is 5.64. The van der Waals surface area contributed by atoms with E-state index in [1.165, 1.54) is 13.2 Å². The minimum absolute atomic E-state index is 0.0576. The van der Waals surface area contributed by atoms with E-state index in [1.54, 1.807) is 24.0 Å². The summed E-state index contributed by atoms with van der Waals surface area (Å²) >= 11 is 0. The number of carbonyl (C=O) groups is 3. The number of fused-ring (bicyclic) bond motifs is 2. The van der Waals surface area contributed by atoms with Crippen LogP contribution in [0.4, 0.5) is 10.1 Å². The number of anilines is 1. The summed E-state index contributed by atoms with van der Waals surface area (Å²) in [5, 5.41) is 2.88. The quantitative estimate of drug-likeness (QED) is 0.359. The number of esters is 1. The van der Waals surface area contributed by atoms with Crippen LogP contribution in [0.15, 0.2) is 37.9 Å². The van der Waals surface area contributed by atoms with E-state index < -0.39 is 23.7 Å². The molecule has 238 valence electrons. The number of pyridine rings is 1. The average molecular weight is 622 g/mol. The van der Waals surface area contributed by atoms with Crippen LogP contribution < -0.4 is 15.9 Å². The molecule has 12 heteroatoms. The van der Waals surface area contributed by atoms with Crippen molar-refractivity contribution in [1.82, 2.24) is 9.88 Å². The molecule has 3 heterocycles. The zero-order valence-corrected chi connectivity index (χ0v) is 25.7. The summed E-state index contributed by atoms with van der Waals surface area (Å²) < 4.78 is 35.3. The van der Waals surface area contributed by atoms with Crippen molar-refractivity contribution >= 4 is 23.5 Å². The molecule has 0 bridgehead atoms. The van der Waals surface area contributed by atoms with Crippen molar-refractivity contribution < 1.29 is 37.1 Å². The first-order chi connectivity index (χ1) is 21.4. The molecule has 1 aromatic carbocycles. The summed E-state index contributed by atoms with van der Waals surface area (Å²) in [4.78, 5) is 57.4. The monoisotopic (exact) mass is 621 g/mol. The summed E-state index contributed by atoms with van der Waals surface area (Å²) in [5.41, 5.74) is 2.90. The molecular weight excluding hydrogens is 585 g/mol. The Morgan fingerprint density at radius 2 is 1.93 bits per heavy atom. The zero-order chi connectivity index (χ0) is 32.0. The molecule has 1 fully saturated rings. The molecular formula is C33H36FN3O8. The lowest BCUT2D eigenvalue weighted by molar-refractivity contribution is -0.152. The molecule has 1 unspecified atom stereocenters. The fourth-order valence-corrected chi connectivity index (χ4v) is 6.86. The molecule has 0 saturated heterocycles. The highest BCUT2D eigenvalue weighted by atomic mass is 19.1. The largest absolute Gasteiger partial charge is 0.519 e. The molecule has 45 heavy (non-hydrogen) atoms. The second kappa shape index (κ2) is 11.8. The van der Waals surface area contributed by atoms with E-state index in [2.05, 4.69) is 10.3 Å². The van der Waals surface area contributed by atoms with Gasteiger partial charge in [-0.3, -0.25) is 14.4 Å². The highest BCUT2D eigenvalue weighted by Crippen LogP contribution is 2.43. The molecule has 3 aromatic rings. The van der Waals surface area contributed by atoms with Crippen LogP contribution in [0.5, 0.6) is 5.88 Å². The van der Waals surface area contributed by atoms with Gasteiger partial charge in [-0.15, -0.1) is 0 Å². The molecule has 2 amide bonds. The van der Waals surface area contributed by atoms with E-state index in [0.717, 1.165) is 18.4 Å². The van der Waals surface area contributed by atoms with Crippen LogP contribution in [-0.2, 0) is 44.0 Å². The van der Waals surface area contributed by atoms with Crippen molar-refractivity contribution in [3.05, 3.63) is 74.6 Å². The Bertz CT molecular complexity index is 1720. The number of carbonyl (C=O) groups excluding carboxylic acids is 3. The van der Waals surface area contributed by atoms with E-state index >= 15 is 4.39 Å². The standard InChI is InChI=1S/C33H36FN3O8/c1-17-25(45-32(41)44-17)16-43-27(38)13-18-11-20(12-18)31(40)37-10-8-24-22(5-6-26(36-24)42-4)29(37)30(39)35-21-14-19-7-9-33(2,3)28(19)23(34)15-21/h5-6,14-15,18,20,29H,7-13,16H2,1-4H3,(H,35,39). The number of halogens is 1. The van der Waals surface area contributed by atoms with Crippen molar-refractivity contribution in [2.24, 2.45) is 11.8 Å². The Morgan fingerprint density at radius 1 is 1.16 bits per heavy atom. The Labute approximate surface area is 259 Å². The second-order valence-electron chi connectivity index (χ2n) is 12.8. The average Bonchev–Trinajstić information content (AvgIpc) is 3.47. The van der Waals surface area contributed by atoms with Gasteiger partial charge in [0.25, 0.3) is 5.91 Å². The van der Waals surface area contributed by atoms with Crippen LogP contribution >= 0.6 is 0 Å². The number of hydrogen-bond acceptors (Lipinski definition) is 9. The summed E-state index contributed by atoms with van der Waals surface area (Å²) in [6.07, 6.45) is 3.04. The summed E-state index contributed by atoms with van der Waals surface area (Å²) in [5.74, 6) is -1.91. The van der Waals surface area contributed by atoms with Crippen LogP contribution in [0, 0.1) is 24.6 Å². The minimum atomic E-state index is -0.968. The predicted octanol–water partition coefficient (Wildman–Crippen LogP) is 4.53. The van der Waals surface area contributed by atoms with Gasteiger partial charge >= 0.3 is 11.8 Å². The van der Waals surface area contributed by atoms with Crippen molar-refractivity contribution in [2.45, 2.75) is 77.4 Å².